The quantitative estimate of drug-likeness (QED) is 0.647. The second-order valence-electron chi connectivity index (χ2n) is 5.89. The molecule has 6 nitrogen and oxygen atoms in total. The second-order valence-corrected chi connectivity index (χ2v) is 6.30. The summed E-state index contributed by atoms with van der Waals surface area (Å²) in [5.74, 6) is -0.377. The molecule has 3 aromatic rings. The predicted molar refractivity (Wildman–Crippen MR) is 102 cm³/mol. The third kappa shape index (κ3) is 4.12. The molecule has 1 aromatic heterocycles. The minimum Gasteiger partial charge on any atom is -0.435 e. The van der Waals surface area contributed by atoms with Crippen molar-refractivity contribution in [3.63, 3.8) is 0 Å². The lowest BCUT2D eigenvalue weighted by Gasteiger charge is -2.10. The highest BCUT2D eigenvalue weighted by Crippen LogP contribution is 2.24. The molecule has 1 heterocycles. The van der Waals surface area contributed by atoms with Crippen LogP contribution in [0.1, 0.15) is 28.7 Å². The Morgan fingerprint density at radius 1 is 1.25 bits per heavy atom. The summed E-state index contributed by atoms with van der Waals surface area (Å²) in [6.45, 7) is 0.775. The summed E-state index contributed by atoms with van der Waals surface area (Å²) in [7, 11) is 0. The monoisotopic (exact) mass is 406 g/mol. The summed E-state index contributed by atoms with van der Waals surface area (Å²) in [4.78, 5) is 12.7. The summed E-state index contributed by atoms with van der Waals surface area (Å²) in [6, 6.07) is 11.2. The molecule has 0 radical (unpaired) electrons. The minimum atomic E-state index is -2.89. The number of hydrogen-bond donors (Lipinski definition) is 1. The maximum Gasteiger partial charge on any atom is 0.387 e. The molecule has 0 spiro atoms. The van der Waals surface area contributed by atoms with Gasteiger partial charge in [0.05, 0.1) is 11.4 Å². The molecule has 28 heavy (non-hydrogen) atoms. The lowest BCUT2D eigenvalue weighted by atomic mass is 10.2. The highest BCUT2D eigenvalue weighted by atomic mass is 35.5. The van der Waals surface area contributed by atoms with Gasteiger partial charge in [-0.05, 0) is 55.3 Å². The third-order valence-corrected chi connectivity index (χ3v) is 4.54. The van der Waals surface area contributed by atoms with E-state index in [0.29, 0.717) is 28.5 Å². The highest BCUT2D eigenvalue weighted by molar-refractivity contribution is 6.31. The predicted octanol–water partition coefficient (Wildman–Crippen LogP) is 4.65. The number of carbonyl (C=O) groups excluding carboxylic acids is 1. The number of alkyl halides is 2. The zero-order valence-electron chi connectivity index (χ0n) is 15.1. The fraction of sp³-hybridized carbons (Fsp3) is 0.211. The van der Waals surface area contributed by atoms with Gasteiger partial charge in [0.1, 0.15) is 5.75 Å². The SMILES string of the molecule is CCc1c(C(=O)Nc2cccc(Cl)c2C)nnn1-c1ccc(OC(F)F)cc1. The molecule has 3 rings (SSSR count). The molecule has 0 fully saturated rings. The number of amides is 1. The van der Waals surface area contributed by atoms with Crippen LogP contribution in [0.5, 0.6) is 5.75 Å². The van der Waals surface area contributed by atoms with Gasteiger partial charge in [0.2, 0.25) is 0 Å². The average molecular weight is 407 g/mol. The van der Waals surface area contributed by atoms with Gasteiger partial charge in [0.15, 0.2) is 5.69 Å². The van der Waals surface area contributed by atoms with Gasteiger partial charge in [-0.25, -0.2) is 4.68 Å². The number of rotatable bonds is 6. The van der Waals surface area contributed by atoms with E-state index in [1.807, 2.05) is 6.92 Å². The standard InChI is InChI=1S/C19H17ClF2N4O2/c1-3-16-17(18(27)23-15-6-4-5-14(20)11(15)2)24-25-26(16)12-7-9-13(10-8-12)28-19(21)22/h4-10,19H,3H2,1-2H3,(H,23,27). The minimum absolute atomic E-state index is 0.0336. The molecule has 0 bridgehead atoms. The smallest absolute Gasteiger partial charge is 0.387 e. The normalized spacial score (nSPS) is 10.9. The van der Waals surface area contributed by atoms with Crippen molar-refractivity contribution in [2.24, 2.45) is 0 Å². The van der Waals surface area contributed by atoms with E-state index in [-0.39, 0.29) is 11.4 Å². The lowest BCUT2D eigenvalue weighted by molar-refractivity contribution is -0.0498. The Morgan fingerprint density at radius 3 is 2.61 bits per heavy atom. The van der Waals surface area contributed by atoms with Crippen molar-refractivity contribution in [3.05, 3.63) is 64.4 Å². The van der Waals surface area contributed by atoms with Crippen molar-refractivity contribution >= 4 is 23.2 Å². The summed E-state index contributed by atoms with van der Waals surface area (Å²) in [5, 5.41) is 11.4. The number of ether oxygens (including phenoxy) is 1. The van der Waals surface area contributed by atoms with E-state index in [9.17, 15) is 13.6 Å². The van der Waals surface area contributed by atoms with Crippen LogP contribution in [0, 0.1) is 6.92 Å². The molecule has 0 atom stereocenters. The number of anilines is 1. The maximum absolute atomic E-state index is 12.7. The van der Waals surface area contributed by atoms with Crippen LogP contribution in [0.2, 0.25) is 5.02 Å². The van der Waals surface area contributed by atoms with Crippen LogP contribution in [0.3, 0.4) is 0 Å². The van der Waals surface area contributed by atoms with Gasteiger partial charge in [-0.15, -0.1) is 5.10 Å². The number of halogens is 3. The summed E-state index contributed by atoms with van der Waals surface area (Å²) < 4.78 is 30.4. The van der Waals surface area contributed by atoms with Crippen LogP contribution in [-0.2, 0) is 6.42 Å². The Kier molecular flexibility index (Phi) is 5.89. The fourth-order valence-electron chi connectivity index (χ4n) is 2.70. The van der Waals surface area contributed by atoms with Gasteiger partial charge in [0.25, 0.3) is 5.91 Å². The fourth-order valence-corrected chi connectivity index (χ4v) is 2.87. The van der Waals surface area contributed by atoms with Crippen molar-refractivity contribution < 1.29 is 18.3 Å². The number of hydrogen-bond acceptors (Lipinski definition) is 4. The van der Waals surface area contributed by atoms with E-state index >= 15 is 0 Å². The van der Waals surface area contributed by atoms with E-state index < -0.39 is 12.5 Å². The number of carbonyl (C=O) groups is 1. The van der Waals surface area contributed by atoms with Gasteiger partial charge >= 0.3 is 6.61 Å². The van der Waals surface area contributed by atoms with Crippen molar-refractivity contribution in [2.45, 2.75) is 26.9 Å². The largest absolute Gasteiger partial charge is 0.435 e. The van der Waals surface area contributed by atoms with Gasteiger partial charge in [-0.3, -0.25) is 4.79 Å². The molecule has 146 valence electrons. The number of nitrogens with zero attached hydrogens (tertiary/aromatic N) is 3. The van der Waals surface area contributed by atoms with Crippen molar-refractivity contribution in [2.75, 3.05) is 5.32 Å². The summed E-state index contributed by atoms with van der Waals surface area (Å²) >= 11 is 6.09. The van der Waals surface area contributed by atoms with Crippen molar-refractivity contribution in [1.29, 1.82) is 0 Å². The van der Waals surface area contributed by atoms with Crippen molar-refractivity contribution in [1.82, 2.24) is 15.0 Å². The number of benzene rings is 2. The first kappa shape index (κ1) is 19.8. The van der Waals surface area contributed by atoms with Crippen LogP contribution in [0.25, 0.3) is 5.69 Å². The highest BCUT2D eigenvalue weighted by Gasteiger charge is 2.20. The van der Waals surface area contributed by atoms with E-state index in [1.54, 1.807) is 37.3 Å². The van der Waals surface area contributed by atoms with Crippen LogP contribution in [-0.4, -0.2) is 27.5 Å². The van der Waals surface area contributed by atoms with Gasteiger partial charge < -0.3 is 10.1 Å². The molecule has 1 N–H and O–H groups in total. The first-order valence-electron chi connectivity index (χ1n) is 8.47. The second kappa shape index (κ2) is 8.35. The Balaban J connectivity index is 1.87. The lowest BCUT2D eigenvalue weighted by Crippen LogP contribution is -2.16. The molecule has 0 aliphatic rings. The molecular weight excluding hydrogens is 390 g/mol. The first-order valence-corrected chi connectivity index (χ1v) is 8.84. The van der Waals surface area contributed by atoms with Crippen LogP contribution >= 0.6 is 11.6 Å². The molecule has 0 saturated carbocycles. The first-order chi connectivity index (χ1) is 13.4. The Morgan fingerprint density at radius 2 is 1.96 bits per heavy atom. The molecule has 2 aromatic carbocycles. The van der Waals surface area contributed by atoms with E-state index in [0.717, 1.165) is 5.56 Å². The molecule has 0 aliphatic carbocycles. The third-order valence-electron chi connectivity index (χ3n) is 4.14. The van der Waals surface area contributed by atoms with E-state index in [2.05, 4.69) is 20.4 Å². The molecular formula is C19H17ClF2N4O2. The molecule has 0 aliphatic heterocycles. The van der Waals surface area contributed by atoms with Gasteiger partial charge in [-0.2, -0.15) is 8.78 Å². The van der Waals surface area contributed by atoms with Crippen LogP contribution in [0.15, 0.2) is 42.5 Å². The average Bonchev–Trinajstić information content (AvgIpc) is 3.09. The van der Waals surface area contributed by atoms with Crippen molar-refractivity contribution in [3.8, 4) is 11.4 Å². The van der Waals surface area contributed by atoms with E-state index in [4.69, 9.17) is 11.6 Å². The molecule has 1 amide bonds. The van der Waals surface area contributed by atoms with Gasteiger partial charge in [-0.1, -0.05) is 29.8 Å². The topological polar surface area (TPSA) is 69.0 Å². The maximum atomic E-state index is 12.7. The van der Waals surface area contributed by atoms with Crippen LogP contribution in [0.4, 0.5) is 14.5 Å². The Labute approximate surface area is 165 Å². The zero-order chi connectivity index (χ0) is 20.3. The summed E-state index contributed by atoms with van der Waals surface area (Å²) in [6.07, 6.45) is 0.486. The number of nitrogens with one attached hydrogen (secondary N) is 1. The molecule has 0 saturated heterocycles. The number of aromatic nitrogens is 3. The summed E-state index contributed by atoms with van der Waals surface area (Å²) in [5.41, 5.74) is 2.67. The Hall–Kier alpha value is -3.00. The zero-order valence-corrected chi connectivity index (χ0v) is 15.9. The molecule has 9 heteroatoms. The Bertz CT molecular complexity index is 990. The molecule has 0 unspecified atom stereocenters. The van der Waals surface area contributed by atoms with Gasteiger partial charge in [0, 0.05) is 10.7 Å². The van der Waals surface area contributed by atoms with E-state index in [1.165, 1.54) is 16.8 Å². The van der Waals surface area contributed by atoms with Crippen LogP contribution < -0.4 is 10.1 Å².